The van der Waals surface area contributed by atoms with Gasteiger partial charge in [0.1, 0.15) is 17.4 Å². The van der Waals surface area contributed by atoms with Crippen LogP contribution in [0.15, 0.2) is 66.7 Å². The molecule has 1 saturated carbocycles. The van der Waals surface area contributed by atoms with Crippen LogP contribution in [0, 0.1) is 11.8 Å². The molecule has 0 aromatic heterocycles. The van der Waals surface area contributed by atoms with Crippen molar-refractivity contribution in [2.24, 2.45) is 11.8 Å². The molecule has 42 heavy (non-hydrogen) atoms. The monoisotopic (exact) mass is 572 g/mol. The number of hydrogen-bond acceptors (Lipinski definition) is 6. The Labute approximate surface area is 247 Å². The molecule has 3 heterocycles. The standard InChI is InChI=1S/C33H40N4O5/c1-36(21-22-9-5-3-6-10-22)19-20-37-29(31(39)35-23-11-7-4-8-12-23)33-18-17-26(42-33)27(28(33)32(37)40)30(38)34-24-13-15-25(41-2)16-14-24/h3,5-6,9-10,13-18,23,26-29H,4,7-8,11-12,19-21H2,1-2H3,(H,34,38)(H,35,39)/t26-,27-,28-,29-,33-/m0/s1. The molecule has 2 N–H and O–H groups in total. The number of rotatable bonds is 10. The van der Waals surface area contributed by atoms with Crippen molar-refractivity contribution < 1.29 is 23.9 Å². The highest BCUT2D eigenvalue weighted by atomic mass is 16.5. The number of likely N-dealkylation sites (N-methyl/N-ethyl adjacent to an activating group) is 1. The van der Waals surface area contributed by atoms with Gasteiger partial charge < -0.3 is 29.9 Å². The van der Waals surface area contributed by atoms with E-state index in [1.807, 2.05) is 37.4 Å². The van der Waals surface area contributed by atoms with Gasteiger partial charge in [0.25, 0.3) is 0 Å². The molecule has 4 aliphatic rings. The molecule has 0 unspecified atom stereocenters. The minimum Gasteiger partial charge on any atom is -0.497 e. The average Bonchev–Trinajstić information content (AvgIpc) is 3.64. The number of anilines is 1. The van der Waals surface area contributed by atoms with E-state index in [1.165, 1.54) is 12.0 Å². The van der Waals surface area contributed by atoms with Gasteiger partial charge in [-0.05, 0) is 49.7 Å². The summed E-state index contributed by atoms with van der Waals surface area (Å²) < 4.78 is 11.7. The molecule has 0 radical (unpaired) electrons. The molecule has 2 saturated heterocycles. The van der Waals surface area contributed by atoms with Crippen molar-refractivity contribution in [1.82, 2.24) is 15.1 Å². The predicted octanol–water partition coefficient (Wildman–Crippen LogP) is 3.37. The number of likely N-dealkylation sites (tertiary alicyclic amines) is 1. The Morgan fingerprint density at radius 2 is 1.79 bits per heavy atom. The molecule has 5 atom stereocenters. The lowest BCUT2D eigenvalue weighted by Crippen LogP contribution is -2.57. The van der Waals surface area contributed by atoms with E-state index in [0.29, 0.717) is 24.5 Å². The molecule has 3 aliphatic heterocycles. The van der Waals surface area contributed by atoms with E-state index in [2.05, 4.69) is 27.7 Å². The quantitative estimate of drug-likeness (QED) is 0.424. The maximum atomic E-state index is 14.2. The van der Waals surface area contributed by atoms with Crippen molar-refractivity contribution in [3.8, 4) is 5.75 Å². The fourth-order valence-electron chi connectivity index (χ4n) is 7.19. The summed E-state index contributed by atoms with van der Waals surface area (Å²) in [6, 6.07) is 16.5. The zero-order valence-corrected chi connectivity index (χ0v) is 24.3. The van der Waals surface area contributed by atoms with Crippen molar-refractivity contribution in [2.75, 3.05) is 32.6 Å². The summed E-state index contributed by atoms with van der Waals surface area (Å²) in [6.07, 6.45) is 8.39. The van der Waals surface area contributed by atoms with E-state index in [0.717, 1.165) is 32.2 Å². The van der Waals surface area contributed by atoms with Gasteiger partial charge in [-0.15, -0.1) is 0 Å². The van der Waals surface area contributed by atoms with Crippen LogP contribution in [0.2, 0.25) is 0 Å². The summed E-state index contributed by atoms with van der Waals surface area (Å²) in [7, 11) is 3.60. The fourth-order valence-corrected chi connectivity index (χ4v) is 7.19. The molecular formula is C33H40N4O5. The number of fused-ring (bicyclic) bond motifs is 1. The van der Waals surface area contributed by atoms with Crippen molar-refractivity contribution in [3.63, 3.8) is 0 Å². The van der Waals surface area contributed by atoms with E-state index in [9.17, 15) is 14.4 Å². The van der Waals surface area contributed by atoms with Crippen LogP contribution in [0.1, 0.15) is 37.7 Å². The highest BCUT2D eigenvalue weighted by Gasteiger charge is 2.72. The van der Waals surface area contributed by atoms with E-state index < -0.39 is 29.6 Å². The molecule has 6 rings (SSSR count). The van der Waals surface area contributed by atoms with E-state index in [-0.39, 0.29) is 23.8 Å². The SMILES string of the molecule is COc1ccc(NC(=O)[C@H]2[C@@H]3C=C[C@]4(O3)[C@@H]2C(=O)N(CCN(C)Cc2ccccc2)[C@H]4C(=O)NC2CCCCC2)cc1. The summed E-state index contributed by atoms with van der Waals surface area (Å²) in [5.74, 6) is -1.50. The molecule has 3 fully saturated rings. The second-order valence-corrected chi connectivity index (χ2v) is 12.0. The summed E-state index contributed by atoms with van der Waals surface area (Å²) in [4.78, 5) is 45.7. The number of amides is 3. The van der Waals surface area contributed by atoms with Gasteiger partial charge in [0.15, 0.2) is 0 Å². The second kappa shape index (κ2) is 11.9. The third-order valence-electron chi connectivity index (χ3n) is 9.25. The van der Waals surface area contributed by atoms with E-state index in [4.69, 9.17) is 9.47 Å². The van der Waals surface area contributed by atoms with Gasteiger partial charge in [-0.25, -0.2) is 0 Å². The van der Waals surface area contributed by atoms with Gasteiger partial charge in [0.05, 0.1) is 25.0 Å². The van der Waals surface area contributed by atoms with Crippen molar-refractivity contribution in [1.29, 1.82) is 0 Å². The van der Waals surface area contributed by atoms with Crippen LogP contribution in [0.25, 0.3) is 0 Å². The first-order valence-electron chi connectivity index (χ1n) is 15.0. The minimum absolute atomic E-state index is 0.0937. The Bertz CT molecular complexity index is 1330. The van der Waals surface area contributed by atoms with Crippen LogP contribution in [0.5, 0.6) is 5.75 Å². The lowest BCUT2D eigenvalue weighted by molar-refractivity contribution is -0.141. The summed E-state index contributed by atoms with van der Waals surface area (Å²) >= 11 is 0. The first-order valence-corrected chi connectivity index (χ1v) is 15.0. The zero-order chi connectivity index (χ0) is 29.3. The number of carbonyl (C=O) groups is 3. The second-order valence-electron chi connectivity index (χ2n) is 12.0. The van der Waals surface area contributed by atoms with Gasteiger partial charge in [0.2, 0.25) is 17.7 Å². The minimum atomic E-state index is -1.17. The predicted molar refractivity (Wildman–Crippen MR) is 159 cm³/mol. The summed E-state index contributed by atoms with van der Waals surface area (Å²) in [6.45, 7) is 1.66. The van der Waals surface area contributed by atoms with Crippen molar-refractivity contribution in [3.05, 3.63) is 72.3 Å². The summed E-state index contributed by atoms with van der Waals surface area (Å²) in [5.41, 5.74) is 0.619. The third-order valence-corrected chi connectivity index (χ3v) is 9.25. The maximum Gasteiger partial charge on any atom is 0.246 e. The molecule has 2 aromatic carbocycles. The lowest BCUT2D eigenvalue weighted by Gasteiger charge is -2.34. The van der Waals surface area contributed by atoms with Gasteiger partial charge in [0, 0.05) is 31.4 Å². The molecule has 2 aromatic rings. The molecule has 9 nitrogen and oxygen atoms in total. The highest BCUT2D eigenvalue weighted by Crippen LogP contribution is 2.55. The van der Waals surface area contributed by atoms with Gasteiger partial charge in [-0.3, -0.25) is 14.4 Å². The molecule has 9 heteroatoms. The van der Waals surface area contributed by atoms with Gasteiger partial charge >= 0.3 is 0 Å². The van der Waals surface area contributed by atoms with Crippen LogP contribution < -0.4 is 15.4 Å². The Kier molecular flexibility index (Phi) is 8.05. The number of nitrogens with one attached hydrogen (secondary N) is 2. The molecular weight excluding hydrogens is 532 g/mol. The first-order chi connectivity index (χ1) is 20.4. The number of hydrogen-bond donors (Lipinski definition) is 2. The van der Waals surface area contributed by atoms with E-state index in [1.54, 1.807) is 36.3 Å². The van der Waals surface area contributed by atoms with Crippen molar-refractivity contribution >= 4 is 23.4 Å². The maximum absolute atomic E-state index is 14.2. The van der Waals surface area contributed by atoms with Crippen LogP contribution in [0.3, 0.4) is 0 Å². The van der Waals surface area contributed by atoms with Crippen LogP contribution in [0.4, 0.5) is 5.69 Å². The van der Waals surface area contributed by atoms with Crippen molar-refractivity contribution in [2.45, 2.75) is 62.4 Å². The highest BCUT2D eigenvalue weighted by molar-refractivity contribution is 6.02. The Balaban J connectivity index is 1.24. The third kappa shape index (κ3) is 5.31. The van der Waals surface area contributed by atoms with Gasteiger partial charge in [-0.2, -0.15) is 0 Å². The number of benzene rings is 2. The zero-order valence-electron chi connectivity index (χ0n) is 24.3. The Hall–Kier alpha value is -3.69. The number of carbonyl (C=O) groups excluding carboxylic acids is 3. The first kappa shape index (κ1) is 28.4. The smallest absolute Gasteiger partial charge is 0.246 e. The molecule has 1 aliphatic carbocycles. The average molecular weight is 573 g/mol. The van der Waals surface area contributed by atoms with Crippen LogP contribution >= 0.6 is 0 Å². The lowest BCUT2D eigenvalue weighted by atomic mass is 9.74. The summed E-state index contributed by atoms with van der Waals surface area (Å²) in [5, 5.41) is 6.22. The van der Waals surface area contributed by atoms with Crippen LogP contribution in [-0.4, -0.2) is 78.6 Å². The normalized spacial score (nSPS) is 28.3. The molecule has 1 spiro atoms. The number of nitrogens with zero attached hydrogens (tertiary/aromatic N) is 2. The molecule has 3 amide bonds. The fraction of sp³-hybridized carbons (Fsp3) is 0.485. The van der Waals surface area contributed by atoms with E-state index >= 15 is 0 Å². The Morgan fingerprint density at radius 3 is 2.50 bits per heavy atom. The number of methoxy groups -OCH3 is 1. The molecule has 222 valence electrons. The topological polar surface area (TPSA) is 100 Å². The Morgan fingerprint density at radius 1 is 1.05 bits per heavy atom. The largest absolute Gasteiger partial charge is 0.497 e. The molecule has 2 bridgehead atoms. The van der Waals surface area contributed by atoms with Gasteiger partial charge in [-0.1, -0.05) is 61.7 Å². The number of ether oxygens (including phenoxy) is 2. The van der Waals surface area contributed by atoms with Crippen LogP contribution in [-0.2, 0) is 25.7 Å².